The van der Waals surface area contributed by atoms with E-state index in [4.69, 9.17) is 0 Å². The van der Waals surface area contributed by atoms with Crippen LogP contribution in [0.4, 0.5) is 0 Å². The summed E-state index contributed by atoms with van der Waals surface area (Å²) in [6.45, 7) is 9.55. The molecule has 0 heterocycles. The van der Waals surface area contributed by atoms with Crippen molar-refractivity contribution in [3.63, 3.8) is 0 Å². The molecule has 9 atom stereocenters. The second-order valence-corrected chi connectivity index (χ2v) is 11.8. The van der Waals surface area contributed by atoms with Gasteiger partial charge < -0.3 is 15.3 Å². The van der Waals surface area contributed by atoms with Crippen LogP contribution in [-0.4, -0.2) is 34.1 Å². The molecule has 0 aromatic rings. The van der Waals surface area contributed by atoms with Gasteiger partial charge in [0.15, 0.2) is 0 Å². The minimum absolute atomic E-state index is 0.0564. The molecule has 4 rings (SSSR count). The summed E-state index contributed by atoms with van der Waals surface area (Å²) in [5.41, 5.74) is 3.18. The summed E-state index contributed by atoms with van der Waals surface area (Å²) in [5, 5.41) is 31.0. The molecule has 0 amide bonds. The molecule has 0 bridgehead atoms. The topological polar surface area (TPSA) is 60.7 Å². The van der Waals surface area contributed by atoms with E-state index in [1.807, 2.05) is 0 Å². The summed E-state index contributed by atoms with van der Waals surface area (Å²) in [6, 6.07) is 0. The first-order valence-electron chi connectivity index (χ1n) is 12.5. The van der Waals surface area contributed by atoms with Crippen LogP contribution in [0.15, 0.2) is 23.3 Å². The third-order valence-corrected chi connectivity index (χ3v) is 10.1. The highest BCUT2D eigenvalue weighted by atomic mass is 16.3. The Labute approximate surface area is 183 Å². The highest BCUT2D eigenvalue weighted by Gasteiger charge is 2.60. The quantitative estimate of drug-likeness (QED) is 0.536. The minimum Gasteiger partial charge on any atom is -0.396 e. The Hall–Kier alpha value is -0.640. The molecule has 170 valence electrons. The van der Waals surface area contributed by atoms with Gasteiger partial charge in [0.1, 0.15) is 0 Å². The molecule has 3 fully saturated rings. The molecule has 3 heteroatoms. The number of hydrogen-bond acceptors (Lipinski definition) is 3. The van der Waals surface area contributed by atoms with Crippen LogP contribution in [0, 0.1) is 40.4 Å². The van der Waals surface area contributed by atoms with E-state index >= 15 is 0 Å². The van der Waals surface area contributed by atoms with Crippen molar-refractivity contribution in [2.45, 2.75) is 97.7 Å². The number of fused-ring (bicyclic) bond motifs is 5. The third-order valence-electron chi connectivity index (χ3n) is 10.1. The van der Waals surface area contributed by atoms with Gasteiger partial charge in [0, 0.05) is 6.61 Å². The zero-order chi connectivity index (χ0) is 21.7. The van der Waals surface area contributed by atoms with E-state index in [-0.39, 0.29) is 5.41 Å². The number of hydrogen-bond donors (Lipinski definition) is 3. The second kappa shape index (κ2) is 8.37. The molecule has 4 aliphatic carbocycles. The molecule has 2 unspecified atom stereocenters. The van der Waals surface area contributed by atoms with E-state index in [0.29, 0.717) is 42.1 Å². The van der Waals surface area contributed by atoms with Crippen molar-refractivity contribution in [3.8, 4) is 0 Å². The summed E-state index contributed by atoms with van der Waals surface area (Å²) in [7, 11) is 0. The van der Waals surface area contributed by atoms with E-state index in [1.165, 1.54) is 36.8 Å². The van der Waals surface area contributed by atoms with Crippen LogP contribution in [0.5, 0.6) is 0 Å². The van der Waals surface area contributed by atoms with Crippen molar-refractivity contribution < 1.29 is 15.3 Å². The number of rotatable bonds is 5. The lowest BCUT2D eigenvalue weighted by molar-refractivity contribution is -0.0909. The Morgan fingerprint density at radius 1 is 1.13 bits per heavy atom. The fourth-order valence-electron chi connectivity index (χ4n) is 8.51. The van der Waals surface area contributed by atoms with Crippen LogP contribution in [0.2, 0.25) is 0 Å². The molecule has 4 aliphatic rings. The van der Waals surface area contributed by atoms with Crippen molar-refractivity contribution in [1.82, 2.24) is 0 Å². The monoisotopic (exact) mass is 416 g/mol. The maximum Gasteiger partial charge on any atom is 0.0836 e. The van der Waals surface area contributed by atoms with Gasteiger partial charge in [0.25, 0.3) is 0 Å². The summed E-state index contributed by atoms with van der Waals surface area (Å²) in [6.07, 6.45) is 13.4. The van der Waals surface area contributed by atoms with Crippen LogP contribution in [0.1, 0.15) is 85.5 Å². The van der Waals surface area contributed by atoms with Gasteiger partial charge in [-0.25, -0.2) is 0 Å². The van der Waals surface area contributed by atoms with Gasteiger partial charge in [0.2, 0.25) is 0 Å². The van der Waals surface area contributed by atoms with Crippen LogP contribution >= 0.6 is 0 Å². The molecule has 3 N–H and O–H groups in total. The lowest BCUT2D eigenvalue weighted by Gasteiger charge is -2.59. The molecule has 0 saturated heterocycles. The molecule has 0 aromatic heterocycles. The largest absolute Gasteiger partial charge is 0.396 e. The zero-order valence-electron chi connectivity index (χ0n) is 19.6. The first kappa shape index (κ1) is 22.6. The smallest absolute Gasteiger partial charge is 0.0836 e. The molecule has 3 saturated carbocycles. The Kier molecular flexibility index (Phi) is 6.29. The third kappa shape index (κ3) is 3.63. The van der Waals surface area contributed by atoms with Gasteiger partial charge in [-0.15, -0.1) is 0 Å². The van der Waals surface area contributed by atoms with Gasteiger partial charge in [-0.2, -0.15) is 0 Å². The summed E-state index contributed by atoms with van der Waals surface area (Å²) in [5.74, 6) is 3.12. The lowest BCUT2D eigenvalue weighted by atomic mass is 9.46. The van der Waals surface area contributed by atoms with Crippen molar-refractivity contribution in [3.05, 3.63) is 23.3 Å². The van der Waals surface area contributed by atoms with E-state index in [1.54, 1.807) is 0 Å². The maximum atomic E-state index is 10.5. The Bertz CT molecular complexity index is 692. The maximum absolute atomic E-state index is 10.5. The number of aliphatic hydroxyl groups is 3. The van der Waals surface area contributed by atoms with E-state index in [2.05, 4.69) is 39.8 Å². The average Bonchev–Trinajstić information content (AvgIpc) is 3.03. The molecular weight excluding hydrogens is 372 g/mol. The average molecular weight is 417 g/mol. The normalized spacial score (nSPS) is 46.3. The van der Waals surface area contributed by atoms with Gasteiger partial charge in [-0.05, 0) is 112 Å². The van der Waals surface area contributed by atoms with Gasteiger partial charge in [-0.1, -0.05) is 37.1 Å². The predicted molar refractivity (Wildman–Crippen MR) is 122 cm³/mol. The molecular formula is C27H44O3. The molecule has 0 spiro atoms. The van der Waals surface area contributed by atoms with Crippen LogP contribution < -0.4 is 0 Å². The molecule has 30 heavy (non-hydrogen) atoms. The molecule has 0 aliphatic heterocycles. The Balaban J connectivity index is 1.54. The van der Waals surface area contributed by atoms with Crippen LogP contribution in [-0.2, 0) is 0 Å². The SMILES string of the molecule is CC(C)=CCCC(CO)[C@H]1CC[C@H]2C3CC=C4C[C@H](O)[C@@H](O)C[C@]4(C)[C@H]3CC[C@]12C. The van der Waals surface area contributed by atoms with Gasteiger partial charge in [-0.3, -0.25) is 0 Å². The van der Waals surface area contributed by atoms with E-state index in [9.17, 15) is 15.3 Å². The Morgan fingerprint density at radius 3 is 2.60 bits per heavy atom. The van der Waals surface area contributed by atoms with E-state index in [0.717, 1.165) is 31.6 Å². The highest BCUT2D eigenvalue weighted by Crippen LogP contribution is 2.67. The predicted octanol–water partition coefficient (Wildman–Crippen LogP) is 5.25. The van der Waals surface area contributed by atoms with Crippen LogP contribution in [0.25, 0.3) is 0 Å². The minimum atomic E-state index is -0.586. The Morgan fingerprint density at radius 2 is 1.90 bits per heavy atom. The van der Waals surface area contributed by atoms with E-state index < -0.39 is 12.2 Å². The van der Waals surface area contributed by atoms with Gasteiger partial charge >= 0.3 is 0 Å². The van der Waals surface area contributed by atoms with Crippen molar-refractivity contribution in [2.24, 2.45) is 40.4 Å². The first-order chi connectivity index (χ1) is 14.2. The molecule has 3 nitrogen and oxygen atoms in total. The van der Waals surface area contributed by atoms with Crippen LogP contribution in [0.3, 0.4) is 0 Å². The highest BCUT2D eigenvalue weighted by molar-refractivity contribution is 5.26. The van der Waals surface area contributed by atoms with Crippen molar-refractivity contribution in [2.75, 3.05) is 6.61 Å². The fourth-order valence-corrected chi connectivity index (χ4v) is 8.51. The van der Waals surface area contributed by atoms with Gasteiger partial charge in [0.05, 0.1) is 12.2 Å². The first-order valence-corrected chi connectivity index (χ1v) is 12.5. The lowest BCUT2D eigenvalue weighted by Crippen LogP contribution is -2.53. The molecule has 0 aromatic carbocycles. The standard InChI is InChI=1S/C27H44O3/c1-17(2)6-5-7-18(16-28)21-10-11-22-20-9-8-19-14-24(29)25(30)15-27(19,4)23(20)12-13-26(21,22)3/h6,8,18,20-25,28-30H,5,7,9-16H2,1-4H3/t18?,20?,21-,22+,23+,24+,25+,26-,27+/m1/s1. The summed E-state index contributed by atoms with van der Waals surface area (Å²) in [4.78, 5) is 0. The van der Waals surface area contributed by atoms with Crippen molar-refractivity contribution >= 4 is 0 Å². The zero-order valence-corrected chi connectivity index (χ0v) is 19.6. The number of aliphatic hydroxyl groups excluding tert-OH is 3. The summed E-state index contributed by atoms with van der Waals surface area (Å²) < 4.78 is 0. The second-order valence-electron chi connectivity index (χ2n) is 11.8. The van der Waals surface area contributed by atoms with Crippen molar-refractivity contribution in [1.29, 1.82) is 0 Å². The molecule has 0 radical (unpaired) electrons. The fraction of sp³-hybridized carbons (Fsp3) is 0.852. The summed E-state index contributed by atoms with van der Waals surface area (Å²) >= 11 is 0. The number of allylic oxidation sites excluding steroid dienone is 3.